The van der Waals surface area contributed by atoms with Gasteiger partial charge in [-0.3, -0.25) is 4.98 Å². The highest BCUT2D eigenvalue weighted by Gasteiger charge is 2.09. The SMILES string of the molecule is Nc1cnc2ccccc2c1Sc1ccccc1Cl. The van der Waals surface area contributed by atoms with Crippen molar-refractivity contribution in [3.05, 3.63) is 59.8 Å². The number of aromatic nitrogens is 1. The highest BCUT2D eigenvalue weighted by atomic mass is 35.5. The van der Waals surface area contributed by atoms with E-state index >= 15 is 0 Å². The van der Waals surface area contributed by atoms with Crippen LogP contribution in [0.15, 0.2) is 64.5 Å². The van der Waals surface area contributed by atoms with Gasteiger partial charge in [0.15, 0.2) is 0 Å². The minimum atomic E-state index is 0.670. The molecule has 1 heterocycles. The second kappa shape index (κ2) is 5.11. The van der Waals surface area contributed by atoms with Crippen LogP contribution in [-0.2, 0) is 0 Å². The van der Waals surface area contributed by atoms with E-state index in [1.807, 2.05) is 48.5 Å². The lowest BCUT2D eigenvalue weighted by atomic mass is 10.2. The van der Waals surface area contributed by atoms with Crippen LogP contribution in [0.1, 0.15) is 0 Å². The first kappa shape index (κ1) is 12.3. The molecule has 94 valence electrons. The first-order valence-corrected chi connectivity index (χ1v) is 7.01. The van der Waals surface area contributed by atoms with E-state index in [2.05, 4.69) is 4.98 Å². The molecule has 0 unspecified atom stereocenters. The zero-order valence-corrected chi connectivity index (χ0v) is 11.6. The van der Waals surface area contributed by atoms with Crippen molar-refractivity contribution < 1.29 is 0 Å². The van der Waals surface area contributed by atoms with Gasteiger partial charge in [-0.05, 0) is 18.2 Å². The van der Waals surface area contributed by atoms with Gasteiger partial charge in [0.1, 0.15) is 0 Å². The van der Waals surface area contributed by atoms with E-state index in [1.165, 1.54) is 0 Å². The molecule has 3 aromatic rings. The monoisotopic (exact) mass is 286 g/mol. The van der Waals surface area contributed by atoms with Gasteiger partial charge in [0.05, 0.1) is 22.4 Å². The second-order valence-corrected chi connectivity index (χ2v) is 5.55. The summed E-state index contributed by atoms with van der Waals surface area (Å²) >= 11 is 7.77. The van der Waals surface area contributed by atoms with Crippen molar-refractivity contribution >= 4 is 40.0 Å². The third-order valence-corrected chi connectivity index (χ3v) is 4.48. The number of para-hydroxylation sites is 1. The van der Waals surface area contributed by atoms with Gasteiger partial charge in [-0.2, -0.15) is 0 Å². The number of hydrogen-bond acceptors (Lipinski definition) is 3. The molecule has 0 radical (unpaired) electrons. The predicted molar refractivity (Wildman–Crippen MR) is 81.7 cm³/mol. The van der Waals surface area contributed by atoms with E-state index in [4.69, 9.17) is 17.3 Å². The van der Waals surface area contributed by atoms with Crippen LogP contribution in [-0.4, -0.2) is 4.98 Å². The number of rotatable bonds is 2. The van der Waals surface area contributed by atoms with Crippen molar-refractivity contribution in [3.8, 4) is 0 Å². The highest BCUT2D eigenvalue weighted by Crippen LogP contribution is 2.39. The Balaban J connectivity index is 2.15. The standard InChI is InChI=1S/C15H11ClN2S/c16-11-6-2-4-8-14(11)19-15-10-5-1-3-7-13(10)18-9-12(15)17/h1-9H,17H2. The molecule has 0 aliphatic heterocycles. The average Bonchev–Trinajstić information content (AvgIpc) is 2.44. The lowest BCUT2D eigenvalue weighted by molar-refractivity contribution is 1.35. The van der Waals surface area contributed by atoms with Crippen molar-refractivity contribution in [2.24, 2.45) is 0 Å². The quantitative estimate of drug-likeness (QED) is 0.747. The van der Waals surface area contributed by atoms with E-state index < -0.39 is 0 Å². The number of halogens is 1. The number of nitrogen functional groups attached to an aromatic ring is 1. The van der Waals surface area contributed by atoms with Crippen molar-refractivity contribution in [2.75, 3.05) is 5.73 Å². The lowest BCUT2D eigenvalue weighted by Gasteiger charge is -2.09. The Bertz CT molecular complexity index is 743. The topological polar surface area (TPSA) is 38.9 Å². The van der Waals surface area contributed by atoms with E-state index in [0.29, 0.717) is 5.69 Å². The third kappa shape index (κ3) is 2.39. The van der Waals surface area contributed by atoms with Crippen LogP contribution in [0.3, 0.4) is 0 Å². The fourth-order valence-electron chi connectivity index (χ4n) is 1.88. The first-order valence-electron chi connectivity index (χ1n) is 5.81. The fourth-order valence-corrected chi connectivity index (χ4v) is 3.12. The summed E-state index contributed by atoms with van der Waals surface area (Å²) in [4.78, 5) is 6.33. The molecule has 1 aromatic heterocycles. The van der Waals surface area contributed by atoms with Crippen LogP contribution in [0.25, 0.3) is 10.9 Å². The van der Waals surface area contributed by atoms with Crippen LogP contribution in [0.4, 0.5) is 5.69 Å². The molecule has 2 nitrogen and oxygen atoms in total. The van der Waals surface area contributed by atoms with E-state index in [9.17, 15) is 0 Å². The third-order valence-electron chi connectivity index (χ3n) is 2.80. The number of anilines is 1. The molecule has 19 heavy (non-hydrogen) atoms. The number of nitrogens with zero attached hydrogens (tertiary/aromatic N) is 1. The molecule has 2 aromatic carbocycles. The summed E-state index contributed by atoms with van der Waals surface area (Å²) in [5, 5.41) is 1.78. The number of fused-ring (bicyclic) bond motifs is 1. The number of nitrogens with two attached hydrogens (primary N) is 1. The molecule has 0 aliphatic carbocycles. The maximum Gasteiger partial charge on any atom is 0.0715 e. The molecule has 0 amide bonds. The predicted octanol–water partition coefficient (Wildman–Crippen LogP) is 4.62. The Morgan fingerprint density at radius 1 is 1.00 bits per heavy atom. The molecule has 3 rings (SSSR count). The molecule has 0 fully saturated rings. The summed E-state index contributed by atoms with van der Waals surface area (Å²) in [6.07, 6.45) is 1.70. The molecule has 0 atom stereocenters. The average molecular weight is 287 g/mol. The smallest absolute Gasteiger partial charge is 0.0715 e. The minimum Gasteiger partial charge on any atom is -0.397 e. The molecule has 0 bridgehead atoms. The largest absolute Gasteiger partial charge is 0.397 e. The molecule has 0 saturated heterocycles. The summed E-state index contributed by atoms with van der Waals surface area (Å²) in [6.45, 7) is 0. The number of hydrogen-bond donors (Lipinski definition) is 1. The van der Waals surface area contributed by atoms with Crippen molar-refractivity contribution in [3.63, 3.8) is 0 Å². The minimum absolute atomic E-state index is 0.670. The van der Waals surface area contributed by atoms with Crippen LogP contribution >= 0.6 is 23.4 Å². The Morgan fingerprint density at radius 3 is 2.58 bits per heavy atom. The molecule has 2 N–H and O–H groups in total. The van der Waals surface area contributed by atoms with Gasteiger partial charge in [-0.1, -0.05) is 53.7 Å². The zero-order valence-electron chi connectivity index (χ0n) is 10.0. The first-order chi connectivity index (χ1) is 9.25. The van der Waals surface area contributed by atoms with E-state index in [-0.39, 0.29) is 0 Å². The molecule has 4 heteroatoms. The normalized spacial score (nSPS) is 10.8. The van der Waals surface area contributed by atoms with Gasteiger partial charge in [0.2, 0.25) is 0 Å². The van der Waals surface area contributed by atoms with Crippen LogP contribution < -0.4 is 5.73 Å². The Morgan fingerprint density at radius 2 is 1.74 bits per heavy atom. The number of benzene rings is 2. The van der Waals surface area contributed by atoms with Gasteiger partial charge >= 0.3 is 0 Å². The van der Waals surface area contributed by atoms with Crippen molar-refractivity contribution in [1.82, 2.24) is 4.98 Å². The molecule has 0 saturated carbocycles. The van der Waals surface area contributed by atoms with Gasteiger partial charge in [0, 0.05) is 15.2 Å². The Hall–Kier alpha value is -1.71. The van der Waals surface area contributed by atoms with Crippen LogP contribution in [0, 0.1) is 0 Å². The van der Waals surface area contributed by atoms with Gasteiger partial charge in [-0.15, -0.1) is 0 Å². The number of pyridine rings is 1. The molecule has 0 aliphatic rings. The summed E-state index contributed by atoms with van der Waals surface area (Å²) in [7, 11) is 0. The second-order valence-electron chi connectivity index (χ2n) is 4.09. The maximum absolute atomic E-state index is 6.20. The van der Waals surface area contributed by atoms with E-state index in [1.54, 1.807) is 18.0 Å². The maximum atomic E-state index is 6.20. The highest BCUT2D eigenvalue weighted by molar-refractivity contribution is 7.99. The summed E-state index contributed by atoms with van der Waals surface area (Å²) < 4.78 is 0. The summed E-state index contributed by atoms with van der Waals surface area (Å²) in [5.74, 6) is 0. The molecular formula is C15H11ClN2S. The van der Waals surface area contributed by atoms with Gasteiger partial charge in [-0.25, -0.2) is 0 Å². The van der Waals surface area contributed by atoms with Gasteiger partial charge in [0.25, 0.3) is 0 Å². The fraction of sp³-hybridized carbons (Fsp3) is 0. The molecule has 0 spiro atoms. The van der Waals surface area contributed by atoms with Crippen LogP contribution in [0.2, 0.25) is 5.02 Å². The Kier molecular flexibility index (Phi) is 3.32. The van der Waals surface area contributed by atoms with Crippen molar-refractivity contribution in [1.29, 1.82) is 0 Å². The zero-order chi connectivity index (χ0) is 13.2. The summed E-state index contributed by atoms with van der Waals surface area (Å²) in [6, 6.07) is 15.7. The van der Waals surface area contributed by atoms with Gasteiger partial charge < -0.3 is 5.73 Å². The lowest BCUT2D eigenvalue weighted by Crippen LogP contribution is -1.92. The summed E-state index contributed by atoms with van der Waals surface area (Å²) in [5.41, 5.74) is 7.66. The van der Waals surface area contributed by atoms with E-state index in [0.717, 1.165) is 25.7 Å². The van der Waals surface area contributed by atoms with Crippen molar-refractivity contribution in [2.45, 2.75) is 9.79 Å². The van der Waals surface area contributed by atoms with Crippen LogP contribution in [0.5, 0.6) is 0 Å². The molecular weight excluding hydrogens is 276 g/mol. The Labute approximate surface area is 120 Å².